The van der Waals surface area contributed by atoms with Crippen molar-refractivity contribution in [1.82, 2.24) is 9.97 Å². The predicted molar refractivity (Wildman–Crippen MR) is 70.3 cm³/mol. The van der Waals surface area contributed by atoms with Crippen molar-refractivity contribution in [1.29, 1.82) is 0 Å². The van der Waals surface area contributed by atoms with Crippen LogP contribution in [0.1, 0.15) is 17.2 Å². The van der Waals surface area contributed by atoms with Crippen LogP contribution in [0.3, 0.4) is 0 Å². The minimum Gasteiger partial charge on any atom is -0.384 e. The van der Waals surface area contributed by atoms with E-state index < -0.39 is 6.10 Å². The average molecular weight is 347 g/mol. The number of aromatic nitrogens is 2. The Hall–Kier alpha value is -0.720. The van der Waals surface area contributed by atoms with Crippen LogP contribution in [0.4, 0.5) is 0 Å². The minimum atomic E-state index is -0.744. The van der Waals surface area contributed by atoms with Crippen molar-refractivity contribution in [2.24, 2.45) is 0 Å². The monoisotopic (exact) mass is 346 g/mol. The maximum atomic E-state index is 10.2. The summed E-state index contributed by atoms with van der Waals surface area (Å²) >= 11 is 8.06. The van der Waals surface area contributed by atoms with Gasteiger partial charge in [0.25, 0.3) is 0 Å². The lowest BCUT2D eigenvalue weighted by atomic mass is 10.0. The summed E-state index contributed by atoms with van der Waals surface area (Å²) in [4.78, 5) is 7.75. The number of aliphatic hydroxyl groups excluding tert-OH is 1. The fourth-order valence-electron chi connectivity index (χ4n) is 1.36. The number of hydrogen-bond donors (Lipinski definition) is 1. The Labute approximate surface area is 112 Å². The third kappa shape index (κ3) is 2.50. The van der Waals surface area contributed by atoms with Crippen LogP contribution in [-0.2, 0) is 0 Å². The van der Waals surface area contributed by atoms with Gasteiger partial charge >= 0.3 is 0 Å². The molecule has 1 atom stereocenters. The quantitative estimate of drug-likeness (QED) is 0.851. The number of halogens is 2. The van der Waals surface area contributed by atoms with Gasteiger partial charge in [-0.3, -0.25) is 0 Å². The van der Waals surface area contributed by atoms with Gasteiger partial charge in [0, 0.05) is 26.5 Å². The molecule has 5 heteroatoms. The van der Waals surface area contributed by atoms with Crippen molar-refractivity contribution in [2.45, 2.75) is 6.10 Å². The Balaban J connectivity index is 2.41. The topological polar surface area (TPSA) is 46.0 Å². The van der Waals surface area contributed by atoms with Crippen LogP contribution in [0.5, 0.6) is 0 Å². The lowest BCUT2D eigenvalue weighted by molar-refractivity contribution is 0.218. The first-order valence-corrected chi connectivity index (χ1v) is 6.02. The predicted octanol–water partition coefficient (Wildman–Crippen LogP) is 2.82. The largest absolute Gasteiger partial charge is 0.384 e. The molecule has 0 spiro atoms. The van der Waals surface area contributed by atoms with E-state index in [0.29, 0.717) is 10.6 Å². The molecule has 0 bridgehead atoms. The van der Waals surface area contributed by atoms with E-state index in [-0.39, 0.29) is 0 Å². The van der Waals surface area contributed by atoms with Gasteiger partial charge in [-0.2, -0.15) is 0 Å². The third-order valence-electron chi connectivity index (χ3n) is 2.15. The van der Waals surface area contributed by atoms with Crippen molar-refractivity contribution < 1.29 is 5.11 Å². The van der Waals surface area contributed by atoms with Crippen molar-refractivity contribution in [3.8, 4) is 0 Å². The highest BCUT2D eigenvalue weighted by molar-refractivity contribution is 14.1. The zero-order valence-corrected chi connectivity index (χ0v) is 11.1. The summed E-state index contributed by atoms with van der Waals surface area (Å²) in [5, 5.41) is 10.8. The van der Waals surface area contributed by atoms with Crippen molar-refractivity contribution in [3.63, 3.8) is 0 Å². The molecule has 1 unspecified atom stereocenters. The van der Waals surface area contributed by atoms with E-state index in [9.17, 15) is 5.11 Å². The van der Waals surface area contributed by atoms with Gasteiger partial charge < -0.3 is 5.11 Å². The Morgan fingerprint density at radius 1 is 1.25 bits per heavy atom. The third-order valence-corrected chi connectivity index (χ3v) is 3.37. The van der Waals surface area contributed by atoms with Gasteiger partial charge in [0.05, 0.1) is 0 Å². The van der Waals surface area contributed by atoms with E-state index in [1.165, 1.54) is 6.33 Å². The summed E-state index contributed by atoms with van der Waals surface area (Å²) < 4.78 is 0.957. The van der Waals surface area contributed by atoms with E-state index in [4.69, 9.17) is 11.6 Å². The lowest BCUT2D eigenvalue weighted by Crippen LogP contribution is -2.03. The van der Waals surface area contributed by atoms with E-state index in [2.05, 4.69) is 32.6 Å². The molecule has 2 rings (SSSR count). The molecule has 0 aliphatic heterocycles. The molecule has 0 saturated heterocycles. The van der Waals surface area contributed by atoms with Gasteiger partial charge in [-0.15, -0.1) is 0 Å². The van der Waals surface area contributed by atoms with E-state index >= 15 is 0 Å². The Morgan fingerprint density at radius 3 is 2.62 bits per heavy atom. The minimum absolute atomic E-state index is 0.603. The maximum absolute atomic E-state index is 10.2. The fourth-order valence-corrected chi connectivity index (χ4v) is 2.17. The second-order valence-electron chi connectivity index (χ2n) is 3.24. The van der Waals surface area contributed by atoms with Gasteiger partial charge in [-0.1, -0.05) is 11.6 Å². The molecule has 0 radical (unpaired) electrons. The highest BCUT2D eigenvalue weighted by Crippen LogP contribution is 2.27. The standard InChI is InChI=1S/C11H8ClIN2O/c12-8-1-2-10(13)9(3-8)11(16)7-4-14-6-15-5-7/h1-6,11,16H. The Kier molecular flexibility index (Phi) is 3.73. The van der Waals surface area contributed by atoms with Crippen LogP contribution in [0, 0.1) is 3.57 Å². The zero-order chi connectivity index (χ0) is 11.5. The molecule has 1 N–H and O–H groups in total. The molecule has 1 aromatic carbocycles. The van der Waals surface area contributed by atoms with Crippen LogP contribution >= 0.6 is 34.2 Å². The smallest absolute Gasteiger partial charge is 0.115 e. The molecule has 2 aromatic rings. The number of hydrogen-bond acceptors (Lipinski definition) is 3. The highest BCUT2D eigenvalue weighted by atomic mass is 127. The van der Waals surface area contributed by atoms with Gasteiger partial charge in [0.15, 0.2) is 0 Å². The van der Waals surface area contributed by atoms with E-state index in [1.54, 1.807) is 24.5 Å². The molecule has 1 heterocycles. The molecule has 0 aliphatic rings. The Morgan fingerprint density at radius 2 is 1.94 bits per heavy atom. The molecule has 0 amide bonds. The van der Waals surface area contributed by atoms with Crippen LogP contribution in [-0.4, -0.2) is 15.1 Å². The Bertz CT molecular complexity index is 493. The lowest BCUT2D eigenvalue weighted by Gasteiger charge is -2.12. The molecule has 82 valence electrons. The normalized spacial score (nSPS) is 12.4. The van der Waals surface area contributed by atoms with Crippen LogP contribution in [0.15, 0.2) is 36.9 Å². The summed E-state index contributed by atoms with van der Waals surface area (Å²) in [5.41, 5.74) is 1.42. The highest BCUT2D eigenvalue weighted by Gasteiger charge is 2.14. The summed E-state index contributed by atoms with van der Waals surface area (Å²) in [7, 11) is 0. The first kappa shape index (κ1) is 11.8. The van der Waals surface area contributed by atoms with Gasteiger partial charge in [-0.05, 0) is 46.4 Å². The van der Waals surface area contributed by atoms with E-state index in [1.807, 2.05) is 6.07 Å². The molecule has 3 nitrogen and oxygen atoms in total. The second-order valence-corrected chi connectivity index (χ2v) is 4.84. The van der Waals surface area contributed by atoms with Crippen molar-refractivity contribution in [3.05, 3.63) is 56.6 Å². The average Bonchev–Trinajstić information content (AvgIpc) is 2.32. The molecular formula is C11H8ClIN2O. The summed E-state index contributed by atoms with van der Waals surface area (Å²) in [6, 6.07) is 5.41. The second kappa shape index (κ2) is 5.07. The fraction of sp³-hybridized carbons (Fsp3) is 0.0909. The summed E-state index contributed by atoms with van der Waals surface area (Å²) in [5.74, 6) is 0. The molecule has 16 heavy (non-hydrogen) atoms. The maximum Gasteiger partial charge on any atom is 0.115 e. The molecule has 1 aromatic heterocycles. The molecule has 0 aliphatic carbocycles. The van der Waals surface area contributed by atoms with Gasteiger partial charge in [0.2, 0.25) is 0 Å². The summed E-state index contributed by atoms with van der Waals surface area (Å²) in [6.07, 6.45) is 3.87. The summed E-state index contributed by atoms with van der Waals surface area (Å²) in [6.45, 7) is 0. The number of rotatable bonds is 2. The molecular weight excluding hydrogens is 338 g/mol. The number of benzene rings is 1. The zero-order valence-electron chi connectivity index (χ0n) is 8.14. The molecule has 0 fully saturated rings. The van der Waals surface area contributed by atoms with Crippen LogP contribution < -0.4 is 0 Å². The first-order chi connectivity index (χ1) is 7.68. The van der Waals surface area contributed by atoms with Crippen LogP contribution in [0.2, 0.25) is 5.02 Å². The number of nitrogens with zero attached hydrogens (tertiary/aromatic N) is 2. The van der Waals surface area contributed by atoms with Crippen molar-refractivity contribution >= 4 is 34.2 Å². The first-order valence-electron chi connectivity index (χ1n) is 4.56. The van der Waals surface area contributed by atoms with E-state index in [0.717, 1.165) is 9.13 Å². The number of aliphatic hydroxyl groups is 1. The van der Waals surface area contributed by atoms with Gasteiger partial charge in [-0.25, -0.2) is 9.97 Å². The van der Waals surface area contributed by atoms with Crippen molar-refractivity contribution in [2.75, 3.05) is 0 Å². The molecule has 0 saturated carbocycles. The SMILES string of the molecule is OC(c1cncnc1)c1cc(Cl)ccc1I. The van der Waals surface area contributed by atoms with Crippen LogP contribution in [0.25, 0.3) is 0 Å². The van der Waals surface area contributed by atoms with Gasteiger partial charge in [0.1, 0.15) is 12.4 Å².